The maximum absolute atomic E-state index is 12.5. The molecule has 2 heterocycles. The number of rotatable bonds is 5. The zero-order chi connectivity index (χ0) is 14.6. The van der Waals surface area contributed by atoms with Crippen molar-refractivity contribution in [3.63, 3.8) is 0 Å². The molecule has 1 amide bonds. The Morgan fingerprint density at radius 3 is 3.10 bits per heavy atom. The maximum Gasteiger partial charge on any atom is 0.260 e. The number of amides is 1. The summed E-state index contributed by atoms with van der Waals surface area (Å²) in [5.74, 6) is -0.338. The highest BCUT2D eigenvalue weighted by Crippen LogP contribution is 2.18. The average molecular weight is 302 g/mol. The smallest absolute Gasteiger partial charge is 0.260 e. The van der Waals surface area contributed by atoms with Gasteiger partial charge in [-0.25, -0.2) is 8.42 Å². The van der Waals surface area contributed by atoms with Crippen LogP contribution in [-0.4, -0.2) is 61.2 Å². The molecule has 1 aliphatic rings. The van der Waals surface area contributed by atoms with E-state index in [4.69, 9.17) is 4.74 Å². The third kappa shape index (κ3) is 3.00. The van der Waals surface area contributed by atoms with Gasteiger partial charge in [0.25, 0.3) is 10.0 Å². The number of ether oxygens (including phenoxy) is 1. The molecule has 1 aromatic rings. The van der Waals surface area contributed by atoms with Gasteiger partial charge >= 0.3 is 0 Å². The first-order valence-electron chi connectivity index (χ1n) is 6.44. The average Bonchev–Trinajstić information content (AvgIpc) is 2.99. The first kappa shape index (κ1) is 14.9. The predicted molar refractivity (Wildman–Crippen MR) is 70.4 cm³/mol. The predicted octanol–water partition coefficient (Wildman–Crippen LogP) is -0.675. The summed E-state index contributed by atoms with van der Waals surface area (Å²) in [6.45, 7) is 2.91. The lowest BCUT2D eigenvalue weighted by Crippen LogP contribution is -2.55. The highest BCUT2D eigenvalue weighted by Gasteiger charge is 2.38. The molecule has 0 saturated carbocycles. The van der Waals surface area contributed by atoms with Gasteiger partial charge in [0.05, 0.1) is 19.4 Å². The molecule has 0 aromatic carbocycles. The van der Waals surface area contributed by atoms with Crippen molar-refractivity contribution in [2.24, 2.45) is 0 Å². The number of hydrogen-bond donors (Lipinski definition) is 2. The van der Waals surface area contributed by atoms with Crippen LogP contribution in [0.3, 0.4) is 0 Å². The van der Waals surface area contributed by atoms with Gasteiger partial charge in [-0.2, -0.15) is 9.40 Å². The Kier molecular flexibility index (Phi) is 4.73. The summed E-state index contributed by atoms with van der Waals surface area (Å²) in [5.41, 5.74) is 0. The van der Waals surface area contributed by atoms with Crippen LogP contribution in [0.5, 0.6) is 0 Å². The molecule has 1 saturated heterocycles. The van der Waals surface area contributed by atoms with E-state index >= 15 is 0 Å². The Hall–Kier alpha value is -1.45. The summed E-state index contributed by atoms with van der Waals surface area (Å²) >= 11 is 0. The highest BCUT2D eigenvalue weighted by atomic mass is 32.2. The van der Waals surface area contributed by atoms with Crippen molar-refractivity contribution in [1.82, 2.24) is 19.8 Å². The molecule has 8 nitrogen and oxygen atoms in total. The molecule has 2 N–H and O–H groups in total. The Balaban J connectivity index is 2.21. The number of hydrogen-bond acceptors (Lipinski definition) is 5. The van der Waals surface area contributed by atoms with Crippen LogP contribution in [0.15, 0.2) is 17.3 Å². The number of sulfonamides is 1. The normalized spacial score (nSPS) is 20.8. The number of aromatic nitrogens is 2. The number of carbonyl (C=O) groups is 1. The van der Waals surface area contributed by atoms with E-state index < -0.39 is 16.1 Å². The van der Waals surface area contributed by atoms with E-state index in [0.717, 1.165) is 10.7 Å². The number of H-pyrrole nitrogens is 1. The summed E-state index contributed by atoms with van der Waals surface area (Å²) < 4.78 is 31.3. The van der Waals surface area contributed by atoms with Gasteiger partial charge < -0.3 is 10.1 Å². The van der Waals surface area contributed by atoms with Crippen LogP contribution < -0.4 is 5.32 Å². The van der Waals surface area contributed by atoms with Crippen molar-refractivity contribution in [3.05, 3.63) is 12.3 Å². The molecule has 0 aliphatic carbocycles. The van der Waals surface area contributed by atoms with Gasteiger partial charge in [-0.15, -0.1) is 0 Å². The minimum absolute atomic E-state index is 0.0207. The Bertz CT molecular complexity index is 543. The van der Waals surface area contributed by atoms with E-state index in [-0.39, 0.29) is 30.7 Å². The second-order valence-corrected chi connectivity index (χ2v) is 6.28. The van der Waals surface area contributed by atoms with Crippen molar-refractivity contribution in [2.45, 2.75) is 24.4 Å². The second kappa shape index (κ2) is 6.33. The van der Waals surface area contributed by atoms with E-state index in [1.165, 1.54) is 12.3 Å². The van der Waals surface area contributed by atoms with E-state index in [1.54, 1.807) is 0 Å². The van der Waals surface area contributed by atoms with E-state index in [2.05, 4.69) is 15.5 Å². The summed E-state index contributed by atoms with van der Waals surface area (Å²) in [5, 5.41) is 8.74. The molecule has 112 valence electrons. The number of morpholine rings is 1. The fraction of sp³-hybridized carbons (Fsp3) is 0.636. The molecule has 0 radical (unpaired) electrons. The number of nitrogens with zero attached hydrogens (tertiary/aromatic N) is 2. The van der Waals surface area contributed by atoms with Crippen molar-refractivity contribution in [3.8, 4) is 0 Å². The first-order chi connectivity index (χ1) is 9.57. The molecule has 0 spiro atoms. The van der Waals surface area contributed by atoms with Gasteiger partial charge in [0.2, 0.25) is 5.91 Å². The van der Waals surface area contributed by atoms with E-state index in [1.807, 2.05) is 6.92 Å². The first-order valence-corrected chi connectivity index (χ1v) is 7.88. The lowest BCUT2D eigenvalue weighted by atomic mass is 10.2. The third-order valence-corrected chi connectivity index (χ3v) is 4.83. The quantitative estimate of drug-likeness (QED) is 0.750. The van der Waals surface area contributed by atoms with Gasteiger partial charge in [-0.05, 0) is 12.5 Å². The number of carbonyl (C=O) groups excluding carboxylic acids is 1. The Labute approximate surface area is 117 Å². The minimum atomic E-state index is -3.76. The van der Waals surface area contributed by atoms with Crippen LogP contribution in [0.1, 0.15) is 13.3 Å². The molecule has 1 unspecified atom stereocenters. The van der Waals surface area contributed by atoms with E-state index in [9.17, 15) is 13.2 Å². The van der Waals surface area contributed by atoms with Crippen molar-refractivity contribution >= 4 is 15.9 Å². The summed E-state index contributed by atoms with van der Waals surface area (Å²) in [6, 6.07) is 0.523. The molecule has 1 aliphatic heterocycles. The van der Waals surface area contributed by atoms with Crippen LogP contribution in [0.2, 0.25) is 0 Å². The van der Waals surface area contributed by atoms with Crippen molar-refractivity contribution in [2.75, 3.05) is 26.3 Å². The van der Waals surface area contributed by atoms with Crippen LogP contribution >= 0.6 is 0 Å². The van der Waals surface area contributed by atoms with Crippen LogP contribution in [-0.2, 0) is 19.6 Å². The van der Waals surface area contributed by atoms with Gasteiger partial charge in [0.15, 0.2) is 5.03 Å². The number of aromatic amines is 1. The van der Waals surface area contributed by atoms with Gasteiger partial charge in [0.1, 0.15) is 6.04 Å². The maximum atomic E-state index is 12.5. The largest absolute Gasteiger partial charge is 0.378 e. The molecular weight excluding hydrogens is 284 g/mol. The molecule has 1 fully saturated rings. The fourth-order valence-corrected chi connectivity index (χ4v) is 3.42. The van der Waals surface area contributed by atoms with Crippen molar-refractivity contribution < 1.29 is 17.9 Å². The molecule has 1 aromatic heterocycles. The van der Waals surface area contributed by atoms with Gasteiger partial charge in [0, 0.05) is 13.1 Å². The van der Waals surface area contributed by atoms with Crippen LogP contribution in [0, 0.1) is 0 Å². The molecule has 2 rings (SSSR count). The van der Waals surface area contributed by atoms with Gasteiger partial charge in [-0.3, -0.25) is 9.89 Å². The zero-order valence-electron chi connectivity index (χ0n) is 11.2. The fourth-order valence-electron chi connectivity index (χ4n) is 1.96. The highest BCUT2D eigenvalue weighted by molar-refractivity contribution is 7.89. The second-order valence-electron chi connectivity index (χ2n) is 4.42. The molecule has 0 bridgehead atoms. The third-order valence-electron chi connectivity index (χ3n) is 2.99. The standard InChI is InChI=1S/C11H18N4O4S/c1-2-4-12-11(16)9-8-19-7-6-15(9)20(17,18)10-3-5-13-14-10/h3,5,9H,2,4,6-8H2,1H3,(H,12,16)(H,13,14). The Morgan fingerprint density at radius 2 is 2.45 bits per heavy atom. The van der Waals surface area contributed by atoms with Crippen LogP contribution in [0.25, 0.3) is 0 Å². The van der Waals surface area contributed by atoms with Crippen molar-refractivity contribution in [1.29, 1.82) is 0 Å². The Morgan fingerprint density at radius 1 is 1.65 bits per heavy atom. The lowest BCUT2D eigenvalue weighted by Gasteiger charge is -2.32. The molecule has 9 heteroatoms. The molecule has 20 heavy (non-hydrogen) atoms. The monoisotopic (exact) mass is 302 g/mol. The topological polar surface area (TPSA) is 104 Å². The summed E-state index contributed by atoms with van der Waals surface area (Å²) in [7, 11) is -3.76. The van der Waals surface area contributed by atoms with E-state index in [0.29, 0.717) is 6.54 Å². The zero-order valence-corrected chi connectivity index (χ0v) is 12.0. The SMILES string of the molecule is CCCNC(=O)C1COCCN1S(=O)(=O)c1ccn[nH]1. The number of nitrogens with one attached hydrogen (secondary N) is 2. The van der Waals surface area contributed by atoms with Crippen LogP contribution in [0.4, 0.5) is 0 Å². The molecular formula is C11H18N4O4S. The summed E-state index contributed by atoms with van der Waals surface area (Å²) in [4.78, 5) is 12.1. The summed E-state index contributed by atoms with van der Waals surface area (Å²) in [6.07, 6.45) is 2.14. The van der Waals surface area contributed by atoms with Gasteiger partial charge in [-0.1, -0.05) is 6.92 Å². The lowest BCUT2D eigenvalue weighted by molar-refractivity contribution is -0.129. The molecule has 1 atom stereocenters. The minimum Gasteiger partial charge on any atom is -0.378 e.